The summed E-state index contributed by atoms with van der Waals surface area (Å²) in [6.07, 6.45) is 3.40. The topological polar surface area (TPSA) is 41.2 Å². The van der Waals surface area contributed by atoms with Crippen molar-refractivity contribution >= 4 is 5.97 Å². The highest BCUT2D eigenvalue weighted by molar-refractivity contribution is 5.87. The predicted molar refractivity (Wildman–Crippen MR) is 34.6 cm³/mol. The largest absolute Gasteiger partial charge is 0.478 e. The number of aromatic carboxylic acids is 1. The van der Waals surface area contributed by atoms with Crippen molar-refractivity contribution in [2.45, 2.75) is 0 Å². The van der Waals surface area contributed by atoms with Crippen molar-refractivity contribution in [3.63, 3.8) is 0 Å². The van der Waals surface area contributed by atoms with E-state index in [9.17, 15) is 4.79 Å². The van der Waals surface area contributed by atoms with Crippen molar-refractivity contribution in [1.29, 1.82) is 0 Å². The minimum Gasteiger partial charge on any atom is -0.478 e. The Labute approximate surface area is 58.5 Å². The van der Waals surface area contributed by atoms with E-state index < -0.39 is 5.97 Å². The van der Waals surface area contributed by atoms with Crippen molar-refractivity contribution in [3.8, 4) is 0 Å². The van der Waals surface area contributed by atoms with E-state index in [2.05, 4.69) is 0 Å². The van der Waals surface area contributed by atoms with Gasteiger partial charge in [-0.25, -0.2) is 9.36 Å². The quantitative estimate of drug-likeness (QED) is 0.563. The third kappa shape index (κ3) is 1.31. The summed E-state index contributed by atoms with van der Waals surface area (Å²) < 4.78 is 1.78. The Morgan fingerprint density at radius 2 is 2.00 bits per heavy atom. The smallest absolute Gasteiger partial charge is 0.336 e. The Bertz CT molecular complexity index is 240. The highest BCUT2D eigenvalue weighted by Gasteiger charge is 2.01. The van der Waals surface area contributed by atoms with Gasteiger partial charge in [0.2, 0.25) is 0 Å². The van der Waals surface area contributed by atoms with Crippen LogP contribution in [0.3, 0.4) is 0 Å². The van der Waals surface area contributed by atoms with Crippen LogP contribution in [0.5, 0.6) is 0 Å². The van der Waals surface area contributed by atoms with Gasteiger partial charge in [0.15, 0.2) is 12.4 Å². The van der Waals surface area contributed by atoms with E-state index in [-0.39, 0.29) is 0 Å². The maximum Gasteiger partial charge on any atom is 0.336 e. The van der Waals surface area contributed by atoms with Crippen LogP contribution in [0.4, 0.5) is 0 Å². The van der Waals surface area contributed by atoms with Crippen molar-refractivity contribution in [2.75, 3.05) is 0 Å². The van der Waals surface area contributed by atoms with Crippen molar-refractivity contribution in [3.05, 3.63) is 30.1 Å². The molecule has 0 bridgehead atoms. The Hall–Kier alpha value is -1.38. The lowest BCUT2D eigenvalue weighted by atomic mass is 10.3. The summed E-state index contributed by atoms with van der Waals surface area (Å²) in [5.41, 5.74) is 0.318. The molecule has 0 atom stereocenters. The van der Waals surface area contributed by atoms with Crippen LogP contribution < -0.4 is 4.57 Å². The first kappa shape index (κ1) is 6.74. The second-order valence-corrected chi connectivity index (χ2v) is 2.06. The van der Waals surface area contributed by atoms with Crippen LogP contribution in [0.1, 0.15) is 10.4 Å². The number of hydrogen-bond acceptors (Lipinski definition) is 1. The molecule has 1 aromatic heterocycles. The average molecular weight is 138 g/mol. The molecular weight excluding hydrogens is 130 g/mol. The molecule has 1 heterocycles. The van der Waals surface area contributed by atoms with Crippen LogP contribution in [-0.4, -0.2) is 11.1 Å². The van der Waals surface area contributed by atoms with Gasteiger partial charge in [-0.2, -0.15) is 0 Å². The minimum absolute atomic E-state index is 0.318. The zero-order valence-corrected chi connectivity index (χ0v) is 5.61. The molecule has 0 fully saturated rings. The van der Waals surface area contributed by atoms with E-state index in [4.69, 9.17) is 5.11 Å². The Balaban J connectivity index is 3.00. The molecule has 0 saturated carbocycles. The third-order valence-electron chi connectivity index (χ3n) is 1.23. The molecule has 0 aliphatic heterocycles. The Kier molecular flexibility index (Phi) is 1.67. The van der Waals surface area contributed by atoms with E-state index >= 15 is 0 Å². The minimum atomic E-state index is -0.888. The van der Waals surface area contributed by atoms with E-state index in [1.807, 2.05) is 7.05 Å². The molecule has 0 aliphatic rings. The molecule has 0 unspecified atom stereocenters. The summed E-state index contributed by atoms with van der Waals surface area (Å²) >= 11 is 0. The van der Waals surface area contributed by atoms with Gasteiger partial charge in [0.25, 0.3) is 0 Å². The van der Waals surface area contributed by atoms with Gasteiger partial charge in [0, 0.05) is 12.1 Å². The Morgan fingerprint density at radius 1 is 1.50 bits per heavy atom. The predicted octanol–water partition coefficient (Wildman–Crippen LogP) is 0.209. The molecule has 1 N–H and O–H groups in total. The fourth-order valence-corrected chi connectivity index (χ4v) is 0.644. The van der Waals surface area contributed by atoms with Crippen molar-refractivity contribution in [2.24, 2.45) is 7.05 Å². The summed E-state index contributed by atoms with van der Waals surface area (Å²) in [5, 5.41) is 8.47. The number of pyridine rings is 1. The first-order chi connectivity index (χ1) is 4.70. The van der Waals surface area contributed by atoms with Crippen molar-refractivity contribution < 1.29 is 14.5 Å². The number of carboxylic acid groups (broad SMARTS) is 1. The van der Waals surface area contributed by atoms with E-state index in [1.165, 1.54) is 0 Å². The van der Waals surface area contributed by atoms with Crippen LogP contribution in [0.15, 0.2) is 24.5 Å². The van der Waals surface area contributed by atoms with E-state index in [1.54, 1.807) is 29.1 Å². The lowest BCUT2D eigenvalue weighted by molar-refractivity contribution is -0.671. The molecule has 0 saturated heterocycles. The molecule has 1 aromatic rings. The van der Waals surface area contributed by atoms with E-state index in [0.717, 1.165) is 0 Å². The molecule has 0 radical (unpaired) electrons. The lowest BCUT2D eigenvalue weighted by Gasteiger charge is -1.88. The molecule has 52 valence electrons. The van der Waals surface area contributed by atoms with Gasteiger partial charge in [0.1, 0.15) is 7.05 Å². The van der Waals surface area contributed by atoms with E-state index in [0.29, 0.717) is 5.56 Å². The zero-order valence-electron chi connectivity index (χ0n) is 5.61. The highest BCUT2D eigenvalue weighted by Crippen LogP contribution is 1.92. The number of carbonyl (C=O) groups is 1. The SMILES string of the molecule is C[n+]1ccc(C(=O)O)cc1. The summed E-state index contributed by atoms with van der Waals surface area (Å²) in [6, 6.07) is 3.12. The fraction of sp³-hybridized carbons (Fsp3) is 0.143. The summed E-state index contributed by atoms with van der Waals surface area (Å²) in [5.74, 6) is -0.888. The second kappa shape index (κ2) is 2.47. The number of nitrogens with zero attached hydrogens (tertiary/aromatic N) is 1. The monoisotopic (exact) mass is 138 g/mol. The number of aryl methyl sites for hydroxylation is 1. The van der Waals surface area contributed by atoms with Gasteiger partial charge >= 0.3 is 5.97 Å². The summed E-state index contributed by atoms with van der Waals surface area (Å²) in [6.45, 7) is 0. The molecular formula is C7H8NO2+. The average Bonchev–Trinajstić information content (AvgIpc) is 1.88. The van der Waals surface area contributed by atoms with Crippen LogP contribution in [0, 0.1) is 0 Å². The van der Waals surface area contributed by atoms with Gasteiger partial charge in [-0.15, -0.1) is 0 Å². The normalized spacial score (nSPS) is 9.30. The van der Waals surface area contributed by atoms with Gasteiger partial charge in [-0.1, -0.05) is 0 Å². The lowest BCUT2D eigenvalue weighted by Crippen LogP contribution is -2.26. The summed E-state index contributed by atoms with van der Waals surface area (Å²) in [7, 11) is 1.84. The molecule has 3 nitrogen and oxygen atoms in total. The van der Waals surface area contributed by atoms with Gasteiger partial charge in [0.05, 0.1) is 5.56 Å². The molecule has 0 spiro atoms. The number of hydrogen-bond donors (Lipinski definition) is 1. The van der Waals surface area contributed by atoms with Gasteiger partial charge < -0.3 is 5.11 Å². The highest BCUT2D eigenvalue weighted by atomic mass is 16.4. The first-order valence-corrected chi connectivity index (χ1v) is 2.89. The van der Waals surface area contributed by atoms with Crippen LogP contribution in [0.25, 0.3) is 0 Å². The van der Waals surface area contributed by atoms with Gasteiger partial charge in [-0.05, 0) is 0 Å². The molecule has 1 rings (SSSR count). The number of aromatic nitrogens is 1. The molecule has 0 aromatic carbocycles. The molecule has 0 amide bonds. The molecule has 10 heavy (non-hydrogen) atoms. The zero-order chi connectivity index (χ0) is 7.56. The standard InChI is InChI=1S/C7H7NO2/c1-8-4-2-6(3-5-8)7(9)10/h2-5H,1H3/p+1. The van der Waals surface area contributed by atoms with Crippen LogP contribution in [-0.2, 0) is 7.05 Å². The maximum absolute atomic E-state index is 10.3. The first-order valence-electron chi connectivity index (χ1n) is 2.89. The number of rotatable bonds is 1. The van der Waals surface area contributed by atoms with Gasteiger partial charge in [-0.3, -0.25) is 0 Å². The number of carboxylic acids is 1. The molecule has 0 aliphatic carbocycles. The maximum atomic E-state index is 10.3. The van der Waals surface area contributed by atoms with Crippen LogP contribution in [0.2, 0.25) is 0 Å². The Morgan fingerprint density at radius 3 is 2.40 bits per heavy atom. The van der Waals surface area contributed by atoms with Crippen molar-refractivity contribution in [1.82, 2.24) is 0 Å². The third-order valence-corrected chi connectivity index (χ3v) is 1.23. The fourth-order valence-electron chi connectivity index (χ4n) is 0.644. The molecule has 3 heteroatoms. The second-order valence-electron chi connectivity index (χ2n) is 2.06. The van der Waals surface area contributed by atoms with Crippen LogP contribution >= 0.6 is 0 Å². The summed E-state index contributed by atoms with van der Waals surface area (Å²) in [4.78, 5) is 10.3.